The van der Waals surface area contributed by atoms with Crippen LogP contribution in [0.25, 0.3) is 0 Å². The Kier molecular flexibility index (Phi) is 3.89. The molecule has 8 heteroatoms. The van der Waals surface area contributed by atoms with Crippen molar-refractivity contribution in [2.45, 2.75) is 18.5 Å². The minimum Gasteiger partial charge on any atom is -0.480 e. The van der Waals surface area contributed by atoms with Crippen molar-refractivity contribution in [3.63, 3.8) is 0 Å². The molecule has 0 bridgehead atoms. The maximum absolute atomic E-state index is 12.1. The first-order valence-electron chi connectivity index (χ1n) is 6.22. The number of amides is 3. The third-order valence-corrected chi connectivity index (χ3v) is 3.45. The fraction of sp³-hybridized carbons (Fsp3) is 0.727. The predicted octanol–water partition coefficient (Wildman–Crippen LogP) is -1.71. The molecule has 2 heterocycles. The van der Waals surface area contributed by atoms with Crippen LogP contribution in [0.5, 0.6) is 0 Å². The van der Waals surface area contributed by atoms with Crippen LogP contribution in [-0.4, -0.2) is 78.1 Å². The zero-order chi connectivity index (χ0) is 14.0. The van der Waals surface area contributed by atoms with Gasteiger partial charge >= 0.3 is 12.0 Å². The van der Waals surface area contributed by atoms with E-state index in [9.17, 15) is 14.4 Å². The van der Waals surface area contributed by atoms with Crippen molar-refractivity contribution in [1.82, 2.24) is 20.4 Å². The zero-order valence-electron chi connectivity index (χ0n) is 10.8. The van der Waals surface area contributed by atoms with Gasteiger partial charge in [-0.3, -0.25) is 9.69 Å². The Hall–Kier alpha value is -1.83. The van der Waals surface area contributed by atoms with Gasteiger partial charge in [-0.15, -0.1) is 0 Å². The van der Waals surface area contributed by atoms with Crippen LogP contribution in [-0.2, 0) is 9.59 Å². The molecule has 0 radical (unpaired) electrons. The van der Waals surface area contributed by atoms with Gasteiger partial charge in [0.1, 0.15) is 12.6 Å². The summed E-state index contributed by atoms with van der Waals surface area (Å²) in [5.41, 5.74) is 0. The van der Waals surface area contributed by atoms with Gasteiger partial charge in [0.05, 0.1) is 0 Å². The summed E-state index contributed by atoms with van der Waals surface area (Å²) < 4.78 is 0. The lowest BCUT2D eigenvalue weighted by Crippen LogP contribution is -2.62. The van der Waals surface area contributed by atoms with Crippen LogP contribution in [0.4, 0.5) is 4.79 Å². The topological polar surface area (TPSA) is 102 Å². The van der Waals surface area contributed by atoms with Gasteiger partial charge in [-0.25, -0.2) is 9.59 Å². The molecule has 0 aliphatic carbocycles. The number of carbonyl (C=O) groups excluding carboxylic acids is 2. The number of hydrogen-bond donors (Lipinski definition) is 3. The summed E-state index contributed by atoms with van der Waals surface area (Å²) in [6, 6.07) is -1.48. The Labute approximate surface area is 110 Å². The summed E-state index contributed by atoms with van der Waals surface area (Å²) in [6.07, 6.45) is 0.833. The second-order valence-corrected chi connectivity index (χ2v) is 4.98. The summed E-state index contributed by atoms with van der Waals surface area (Å²) in [6.45, 7) is 1.37. The van der Waals surface area contributed by atoms with Crippen molar-refractivity contribution in [1.29, 1.82) is 0 Å². The van der Waals surface area contributed by atoms with Crippen molar-refractivity contribution in [3.05, 3.63) is 0 Å². The van der Waals surface area contributed by atoms with E-state index in [-0.39, 0.29) is 25.0 Å². The number of likely N-dealkylation sites (N-methyl/N-ethyl adjacent to an activating group) is 1. The first-order chi connectivity index (χ1) is 8.97. The van der Waals surface area contributed by atoms with Crippen LogP contribution in [0.3, 0.4) is 0 Å². The second-order valence-electron chi connectivity index (χ2n) is 4.98. The van der Waals surface area contributed by atoms with E-state index in [0.29, 0.717) is 0 Å². The number of hydrogen-bond acceptors (Lipinski definition) is 4. The molecule has 2 rings (SSSR count). The minimum atomic E-state index is -1.11. The number of piperazine rings is 1. The molecule has 2 atom stereocenters. The van der Waals surface area contributed by atoms with E-state index in [0.717, 1.165) is 24.4 Å². The highest BCUT2D eigenvalue weighted by atomic mass is 16.4. The second kappa shape index (κ2) is 5.43. The van der Waals surface area contributed by atoms with E-state index in [1.54, 1.807) is 0 Å². The molecule has 2 unspecified atom stereocenters. The number of nitrogens with zero attached hydrogens (tertiary/aromatic N) is 2. The number of likely N-dealkylation sites (tertiary alicyclic amines) is 1. The van der Waals surface area contributed by atoms with Gasteiger partial charge in [-0.2, -0.15) is 0 Å². The zero-order valence-corrected chi connectivity index (χ0v) is 10.8. The summed E-state index contributed by atoms with van der Waals surface area (Å²) in [7, 11) is 1.96. The number of carboxylic acids is 1. The summed E-state index contributed by atoms with van der Waals surface area (Å²) in [4.78, 5) is 37.6. The predicted molar refractivity (Wildman–Crippen MR) is 65.6 cm³/mol. The largest absolute Gasteiger partial charge is 0.480 e. The molecule has 19 heavy (non-hydrogen) atoms. The lowest BCUT2D eigenvalue weighted by molar-refractivity contribution is -0.144. The average Bonchev–Trinajstić information content (AvgIpc) is 2.74. The summed E-state index contributed by atoms with van der Waals surface area (Å²) >= 11 is 0. The summed E-state index contributed by atoms with van der Waals surface area (Å²) in [5.74, 6) is -1.45. The number of urea groups is 1. The Morgan fingerprint density at radius 2 is 2.21 bits per heavy atom. The molecule has 0 saturated carbocycles. The van der Waals surface area contributed by atoms with Crippen molar-refractivity contribution in [2.24, 2.45) is 0 Å². The lowest BCUT2D eigenvalue weighted by Gasteiger charge is -2.33. The molecular weight excluding hydrogens is 252 g/mol. The van der Waals surface area contributed by atoms with E-state index in [1.807, 2.05) is 7.05 Å². The van der Waals surface area contributed by atoms with Gasteiger partial charge in [0.15, 0.2) is 0 Å². The van der Waals surface area contributed by atoms with Crippen LogP contribution >= 0.6 is 0 Å². The van der Waals surface area contributed by atoms with Crippen molar-refractivity contribution in [3.8, 4) is 0 Å². The van der Waals surface area contributed by atoms with Gasteiger partial charge in [0.25, 0.3) is 0 Å². The fourth-order valence-electron chi connectivity index (χ4n) is 2.39. The highest BCUT2D eigenvalue weighted by molar-refractivity contribution is 5.90. The standard InChI is InChI=1S/C11H18N4O4/c1-14-3-2-7(5-14)13-11(19)15-6-9(16)12-4-8(15)10(17)18/h7-8H,2-6H2,1H3,(H,12,16)(H,13,19)(H,17,18). The van der Waals surface area contributed by atoms with Gasteiger partial charge < -0.3 is 20.6 Å². The van der Waals surface area contributed by atoms with Crippen LogP contribution < -0.4 is 10.6 Å². The highest BCUT2D eigenvalue weighted by Gasteiger charge is 2.36. The number of carbonyl (C=O) groups is 3. The Balaban J connectivity index is 1.98. The molecule has 2 saturated heterocycles. The van der Waals surface area contributed by atoms with E-state index in [1.165, 1.54) is 0 Å². The third-order valence-electron chi connectivity index (χ3n) is 3.45. The van der Waals surface area contributed by atoms with Crippen LogP contribution in [0, 0.1) is 0 Å². The lowest BCUT2D eigenvalue weighted by atomic mass is 10.2. The fourth-order valence-corrected chi connectivity index (χ4v) is 2.39. The molecule has 0 aromatic rings. The van der Waals surface area contributed by atoms with Crippen molar-refractivity contribution in [2.75, 3.05) is 33.2 Å². The monoisotopic (exact) mass is 270 g/mol. The van der Waals surface area contributed by atoms with E-state index < -0.39 is 18.0 Å². The molecule has 0 aromatic heterocycles. The number of aliphatic carboxylic acids is 1. The maximum Gasteiger partial charge on any atom is 0.328 e. The van der Waals surface area contributed by atoms with Crippen LogP contribution in [0.1, 0.15) is 6.42 Å². The molecule has 0 spiro atoms. The maximum atomic E-state index is 12.1. The number of carboxylic acid groups (broad SMARTS) is 1. The first-order valence-corrected chi connectivity index (χ1v) is 6.22. The van der Waals surface area contributed by atoms with E-state index >= 15 is 0 Å². The Morgan fingerprint density at radius 3 is 2.79 bits per heavy atom. The minimum absolute atomic E-state index is 0.0110. The smallest absolute Gasteiger partial charge is 0.328 e. The molecule has 2 fully saturated rings. The number of rotatable bonds is 2. The molecule has 2 aliphatic heterocycles. The third kappa shape index (κ3) is 3.14. The molecular formula is C11H18N4O4. The molecule has 3 N–H and O–H groups in total. The first kappa shape index (κ1) is 13.6. The SMILES string of the molecule is CN1CCC(NC(=O)N2CC(=O)NCC2C(=O)O)C1. The summed E-state index contributed by atoms with van der Waals surface area (Å²) in [5, 5.41) is 14.3. The van der Waals surface area contributed by atoms with Crippen LogP contribution in [0.15, 0.2) is 0 Å². The van der Waals surface area contributed by atoms with Gasteiger partial charge in [0.2, 0.25) is 5.91 Å². The Bertz CT molecular complexity index is 400. The normalized spacial score (nSPS) is 28.1. The van der Waals surface area contributed by atoms with Gasteiger partial charge in [-0.1, -0.05) is 0 Å². The molecule has 8 nitrogen and oxygen atoms in total. The number of nitrogens with one attached hydrogen (secondary N) is 2. The van der Waals surface area contributed by atoms with E-state index in [4.69, 9.17) is 5.11 Å². The van der Waals surface area contributed by atoms with Crippen molar-refractivity contribution < 1.29 is 19.5 Å². The quantitative estimate of drug-likeness (QED) is 0.554. The van der Waals surface area contributed by atoms with E-state index in [2.05, 4.69) is 15.5 Å². The molecule has 3 amide bonds. The van der Waals surface area contributed by atoms with Gasteiger partial charge in [0, 0.05) is 19.1 Å². The molecule has 2 aliphatic rings. The van der Waals surface area contributed by atoms with Gasteiger partial charge in [-0.05, 0) is 20.0 Å². The van der Waals surface area contributed by atoms with Crippen LogP contribution in [0.2, 0.25) is 0 Å². The average molecular weight is 270 g/mol. The van der Waals surface area contributed by atoms with Crippen molar-refractivity contribution >= 4 is 17.9 Å². The Morgan fingerprint density at radius 1 is 1.47 bits per heavy atom. The highest BCUT2D eigenvalue weighted by Crippen LogP contribution is 2.09. The molecule has 0 aromatic carbocycles. The molecule has 106 valence electrons.